The van der Waals surface area contributed by atoms with E-state index in [0.717, 1.165) is 22.0 Å². The van der Waals surface area contributed by atoms with E-state index in [4.69, 9.17) is 4.74 Å². The summed E-state index contributed by atoms with van der Waals surface area (Å²) < 4.78 is 62.7. The third-order valence-corrected chi connectivity index (χ3v) is 8.75. The van der Waals surface area contributed by atoms with Crippen LogP contribution < -0.4 is 14.4 Å². The molecule has 4 rings (SSSR count). The zero-order valence-electron chi connectivity index (χ0n) is 24.3. The summed E-state index contributed by atoms with van der Waals surface area (Å²) in [6.45, 7) is 0.955. The van der Waals surface area contributed by atoms with Gasteiger partial charge in [-0.15, -0.1) is 0 Å². The number of methoxy groups -OCH3 is 1. The first-order valence-electron chi connectivity index (χ1n) is 13.9. The number of carbonyl (C=O) groups excluding carboxylic acids is 2. The summed E-state index contributed by atoms with van der Waals surface area (Å²) in [6, 6.07) is 24.0. The van der Waals surface area contributed by atoms with Crippen molar-refractivity contribution in [1.82, 2.24) is 10.2 Å². The van der Waals surface area contributed by atoms with Crippen molar-refractivity contribution in [2.24, 2.45) is 0 Å². The molecule has 2 amide bonds. The number of halogens is 2. The second kappa shape index (κ2) is 14.6. The average Bonchev–Trinajstić information content (AvgIpc) is 3.03. The number of nitrogens with one attached hydrogen (secondary N) is 1. The standard InChI is InChI=1S/C33H33F2N3O5S/c1-3-36-33(40)31(21-24-9-5-4-6-10-24)37(22-25-11-7-8-12-30(25)35)32(39)23-38(27-15-13-26(34)14-16-27)44(41,42)29-19-17-28(43-2)18-20-29/h4-20,31H,3,21-23H2,1-2H3,(H,36,40)/t31-/m1/s1. The van der Waals surface area contributed by atoms with Gasteiger partial charge in [0.25, 0.3) is 10.0 Å². The first-order valence-corrected chi connectivity index (χ1v) is 15.3. The van der Waals surface area contributed by atoms with Crippen molar-refractivity contribution in [3.8, 4) is 5.75 Å². The topological polar surface area (TPSA) is 96.0 Å². The highest BCUT2D eigenvalue weighted by molar-refractivity contribution is 7.92. The van der Waals surface area contributed by atoms with Crippen molar-refractivity contribution < 1.29 is 31.5 Å². The molecule has 0 heterocycles. The van der Waals surface area contributed by atoms with Gasteiger partial charge in [-0.1, -0.05) is 48.5 Å². The number of nitrogens with zero attached hydrogens (tertiary/aromatic N) is 2. The van der Waals surface area contributed by atoms with Crippen LogP contribution in [0.3, 0.4) is 0 Å². The quantitative estimate of drug-likeness (QED) is 0.228. The average molecular weight is 622 g/mol. The van der Waals surface area contributed by atoms with Crippen LogP contribution in [-0.4, -0.2) is 51.4 Å². The van der Waals surface area contributed by atoms with E-state index in [1.165, 1.54) is 66.6 Å². The highest BCUT2D eigenvalue weighted by Gasteiger charge is 2.35. The van der Waals surface area contributed by atoms with Gasteiger partial charge in [-0.2, -0.15) is 0 Å². The highest BCUT2D eigenvalue weighted by Crippen LogP contribution is 2.27. The number of hydrogen-bond donors (Lipinski definition) is 1. The number of carbonyl (C=O) groups is 2. The van der Waals surface area contributed by atoms with Crippen molar-refractivity contribution in [3.05, 3.63) is 126 Å². The number of anilines is 1. The molecular formula is C33H33F2N3O5S. The molecule has 0 radical (unpaired) electrons. The first kappa shape index (κ1) is 32.2. The molecule has 0 unspecified atom stereocenters. The Labute approximate surface area is 255 Å². The van der Waals surface area contributed by atoms with Crippen LogP contribution in [0.5, 0.6) is 5.75 Å². The molecule has 0 bridgehead atoms. The second-order valence-electron chi connectivity index (χ2n) is 9.88. The van der Waals surface area contributed by atoms with Crippen LogP contribution in [0, 0.1) is 11.6 Å². The summed E-state index contributed by atoms with van der Waals surface area (Å²) in [6.07, 6.45) is 0.0919. The van der Waals surface area contributed by atoms with Crippen LogP contribution in [0.1, 0.15) is 18.1 Å². The number of benzene rings is 4. The monoisotopic (exact) mass is 621 g/mol. The summed E-state index contributed by atoms with van der Waals surface area (Å²) in [7, 11) is -2.94. The summed E-state index contributed by atoms with van der Waals surface area (Å²) in [5.41, 5.74) is 0.921. The minimum atomic E-state index is -4.38. The molecule has 11 heteroatoms. The van der Waals surface area contributed by atoms with Gasteiger partial charge in [0.05, 0.1) is 17.7 Å². The van der Waals surface area contributed by atoms with Gasteiger partial charge in [-0.05, 0) is 67.1 Å². The molecule has 230 valence electrons. The van der Waals surface area contributed by atoms with E-state index in [2.05, 4.69) is 5.32 Å². The molecule has 0 saturated carbocycles. The lowest BCUT2D eigenvalue weighted by atomic mass is 10.0. The Morgan fingerprint density at radius 3 is 2.11 bits per heavy atom. The fourth-order valence-electron chi connectivity index (χ4n) is 4.67. The molecule has 0 aliphatic heterocycles. The Balaban J connectivity index is 1.80. The second-order valence-corrected chi connectivity index (χ2v) is 11.7. The maximum atomic E-state index is 14.9. The van der Waals surface area contributed by atoms with Crippen LogP contribution >= 0.6 is 0 Å². The number of hydrogen-bond acceptors (Lipinski definition) is 5. The predicted molar refractivity (Wildman–Crippen MR) is 163 cm³/mol. The lowest BCUT2D eigenvalue weighted by molar-refractivity contribution is -0.140. The molecule has 1 N–H and O–H groups in total. The summed E-state index contributed by atoms with van der Waals surface area (Å²) in [5, 5.41) is 2.75. The van der Waals surface area contributed by atoms with Gasteiger partial charge in [0.1, 0.15) is 30.0 Å². The van der Waals surface area contributed by atoms with Gasteiger partial charge in [0, 0.05) is 25.1 Å². The van der Waals surface area contributed by atoms with Crippen molar-refractivity contribution in [2.45, 2.75) is 30.8 Å². The van der Waals surface area contributed by atoms with Crippen molar-refractivity contribution in [1.29, 1.82) is 0 Å². The Morgan fingerprint density at radius 1 is 0.864 bits per heavy atom. The van der Waals surface area contributed by atoms with E-state index < -0.39 is 46.1 Å². The lowest BCUT2D eigenvalue weighted by Crippen LogP contribution is -2.53. The van der Waals surface area contributed by atoms with E-state index in [1.807, 2.05) is 6.07 Å². The molecule has 0 fully saturated rings. The third-order valence-electron chi connectivity index (χ3n) is 6.96. The van der Waals surface area contributed by atoms with E-state index in [9.17, 15) is 26.8 Å². The fraction of sp³-hybridized carbons (Fsp3) is 0.212. The minimum absolute atomic E-state index is 0.0269. The molecule has 8 nitrogen and oxygen atoms in total. The number of ether oxygens (including phenoxy) is 1. The Morgan fingerprint density at radius 2 is 1.50 bits per heavy atom. The molecule has 0 aromatic heterocycles. The molecule has 1 atom stereocenters. The number of sulfonamides is 1. The zero-order valence-corrected chi connectivity index (χ0v) is 25.1. The molecule has 44 heavy (non-hydrogen) atoms. The normalized spacial score (nSPS) is 11.8. The van der Waals surface area contributed by atoms with Gasteiger partial charge in [0.2, 0.25) is 11.8 Å². The third kappa shape index (κ3) is 7.78. The maximum Gasteiger partial charge on any atom is 0.264 e. The number of rotatable bonds is 13. The Hall–Kier alpha value is -4.77. The van der Waals surface area contributed by atoms with Crippen LogP contribution in [0.25, 0.3) is 0 Å². The first-order chi connectivity index (χ1) is 21.1. The highest BCUT2D eigenvalue weighted by atomic mass is 32.2. The van der Waals surface area contributed by atoms with Gasteiger partial charge in [0.15, 0.2) is 0 Å². The van der Waals surface area contributed by atoms with Gasteiger partial charge < -0.3 is 15.0 Å². The van der Waals surface area contributed by atoms with Crippen LogP contribution in [0.15, 0.2) is 108 Å². The van der Waals surface area contributed by atoms with Crippen molar-refractivity contribution in [2.75, 3.05) is 24.5 Å². The molecule has 0 spiro atoms. The van der Waals surface area contributed by atoms with E-state index >= 15 is 0 Å². The minimum Gasteiger partial charge on any atom is -0.497 e. The number of likely N-dealkylation sites (N-methyl/N-ethyl adjacent to an activating group) is 1. The van der Waals surface area contributed by atoms with E-state index in [-0.39, 0.29) is 35.7 Å². The van der Waals surface area contributed by atoms with E-state index in [1.54, 1.807) is 37.3 Å². The predicted octanol–water partition coefficient (Wildman–Crippen LogP) is 4.94. The van der Waals surface area contributed by atoms with E-state index in [0.29, 0.717) is 5.75 Å². The molecule has 4 aromatic rings. The number of amides is 2. The molecule has 0 saturated heterocycles. The summed E-state index contributed by atoms with van der Waals surface area (Å²) in [5.74, 6) is -1.99. The molecular weight excluding hydrogens is 588 g/mol. The fourth-order valence-corrected chi connectivity index (χ4v) is 6.08. The van der Waals surface area contributed by atoms with Crippen LogP contribution in [0.2, 0.25) is 0 Å². The molecule has 4 aromatic carbocycles. The van der Waals surface area contributed by atoms with Crippen molar-refractivity contribution >= 4 is 27.5 Å². The zero-order chi connectivity index (χ0) is 31.7. The van der Waals surface area contributed by atoms with Crippen molar-refractivity contribution in [3.63, 3.8) is 0 Å². The lowest BCUT2D eigenvalue weighted by Gasteiger charge is -2.34. The summed E-state index contributed by atoms with van der Waals surface area (Å²) >= 11 is 0. The SMILES string of the molecule is CCNC(=O)[C@@H](Cc1ccccc1)N(Cc1ccccc1F)C(=O)CN(c1ccc(F)cc1)S(=O)(=O)c1ccc(OC)cc1. The van der Waals surface area contributed by atoms with Crippen LogP contribution in [0.4, 0.5) is 14.5 Å². The van der Waals surface area contributed by atoms with Gasteiger partial charge in [-0.25, -0.2) is 17.2 Å². The van der Waals surface area contributed by atoms with Crippen LogP contribution in [-0.2, 0) is 32.6 Å². The smallest absolute Gasteiger partial charge is 0.264 e. The molecule has 0 aliphatic rings. The molecule has 0 aliphatic carbocycles. The summed E-state index contributed by atoms with van der Waals surface area (Å²) in [4.78, 5) is 28.8. The maximum absolute atomic E-state index is 14.9. The Kier molecular flexibility index (Phi) is 10.7. The van der Waals surface area contributed by atoms with Gasteiger partial charge in [-0.3, -0.25) is 13.9 Å². The largest absolute Gasteiger partial charge is 0.497 e. The Bertz CT molecular complexity index is 1670. The van der Waals surface area contributed by atoms with Gasteiger partial charge >= 0.3 is 0 Å².